The number of rotatable bonds is 6. The SMILES string of the molecule is CC(=Nc1cccc(P(c2cccc(N=C(C)N(C)C)c2)c2cccc(N=C(C)N(C)C)c2)c1)N(C)C. The molecule has 6 nitrogen and oxygen atoms in total. The van der Waals surface area contributed by atoms with E-state index in [9.17, 15) is 0 Å². The van der Waals surface area contributed by atoms with Gasteiger partial charge in [0.15, 0.2) is 0 Å². The molecule has 0 spiro atoms. The number of nitrogens with zero attached hydrogens (tertiary/aromatic N) is 6. The third-order valence-electron chi connectivity index (χ3n) is 6.08. The molecule has 0 aromatic heterocycles. The third kappa shape index (κ3) is 7.74. The molecule has 0 saturated carbocycles. The van der Waals surface area contributed by atoms with E-state index in [0.29, 0.717) is 0 Å². The minimum absolute atomic E-state index is 0.864. The minimum atomic E-state index is -0.864. The van der Waals surface area contributed by atoms with Crippen LogP contribution in [0.15, 0.2) is 87.8 Å². The van der Waals surface area contributed by atoms with Gasteiger partial charge >= 0.3 is 0 Å². The molecular formula is C30H39N6P. The first-order valence-electron chi connectivity index (χ1n) is 12.3. The number of aliphatic imine (C=N–C) groups is 3. The van der Waals surface area contributed by atoms with Gasteiger partial charge in [0.1, 0.15) is 17.5 Å². The molecule has 0 unspecified atom stereocenters. The van der Waals surface area contributed by atoms with E-state index in [1.807, 2.05) is 77.8 Å². The highest BCUT2D eigenvalue weighted by Crippen LogP contribution is 2.36. The maximum Gasteiger partial charge on any atom is 0.101 e. The fourth-order valence-electron chi connectivity index (χ4n) is 3.41. The second kappa shape index (κ2) is 12.6. The van der Waals surface area contributed by atoms with Gasteiger partial charge in [-0.15, -0.1) is 0 Å². The summed E-state index contributed by atoms with van der Waals surface area (Å²) in [6.07, 6.45) is 0. The van der Waals surface area contributed by atoms with Crippen LogP contribution in [0.5, 0.6) is 0 Å². The molecule has 3 rings (SSSR count). The largest absolute Gasteiger partial charge is 0.366 e. The molecule has 37 heavy (non-hydrogen) atoms. The van der Waals surface area contributed by atoms with Crippen molar-refractivity contribution < 1.29 is 0 Å². The Morgan fingerprint density at radius 1 is 0.486 bits per heavy atom. The molecule has 3 aromatic carbocycles. The van der Waals surface area contributed by atoms with Crippen molar-refractivity contribution in [2.45, 2.75) is 20.8 Å². The van der Waals surface area contributed by atoms with Gasteiger partial charge in [0, 0.05) is 42.3 Å². The molecule has 3 aromatic rings. The van der Waals surface area contributed by atoms with Crippen LogP contribution in [0.1, 0.15) is 20.8 Å². The highest BCUT2D eigenvalue weighted by atomic mass is 31.1. The molecule has 0 amide bonds. The fraction of sp³-hybridized carbons (Fsp3) is 0.300. The zero-order valence-corrected chi connectivity index (χ0v) is 24.5. The van der Waals surface area contributed by atoms with Gasteiger partial charge in [-0.05, 0) is 81.0 Å². The molecule has 0 bridgehead atoms. The number of amidine groups is 3. The summed E-state index contributed by atoms with van der Waals surface area (Å²) in [5.74, 6) is 2.90. The third-order valence-corrected chi connectivity index (χ3v) is 8.46. The average Bonchev–Trinajstić information content (AvgIpc) is 2.84. The van der Waals surface area contributed by atoms with Gasteiger partial charge in [-0.25, -0.2) is 15.0 Å². The first-order chi connectivity index (χ1) is 17.5. The van der Waals surface area contributed by atoms with Gasteiger partial charge in [-0.1, -0.05) is 36.4 Å². The fourth-order valence-corrected chi connectivity index (χ4v) is 5.80. The highest BCUT2D eigenvalue weighted by molar-refractivity contribution is 7.79. The van der Waals surface area contributed by atoms with E-state index < -0.39 is 7.92 Å². The summed E-state index contributed by atoms with van der Waals surface area (Å²) < 4.78 is 0. The Morgan fingerprint density at radius 2 is 0.757 bits per heavy atom. The quantitative estimate of drug-likeness (QED) is 0.256. The molecule has 0 aliphatic heterocycles. The second-order valence-electron chi connectivity index (χ2n) is 9.56. The Morgan fingerprint density at radius 3 is 1.00 bits per heavy atom. The zero-order chi connectivity index (χ0) is 27.1. The van der Waals surface area contributed by atoms with Gasteiger partial charge < -0.3 is 14.7 Å². The van der Waals surface area contributed by atoms with Gasteiger partial charge in [-0.2, -0.15) is 0 Å². The Hall–Kier alpha value is -3.50. The summed E-state index contributed by atoms with van der Waals surface area (Å²) in [6.45, 7) is 6.08. The van der Waals surface area contributed by atoms with Crippen molar-refractivity contribution in [1.29, 1.82) is 0 Å². The maximum absolute atomic E-state index is 4.84. The van der Waals surface area contributed by atoms with Crippen molar-refractivity contribution in [2.24, 2.45) is 15.0 Å². The lowest BCUT2D eigenvalue weighted by Crippen LogP contribution is -2.21. The van der Waals surface area contributed by atoms with E-state index in [4.69, 9.17) is 15.0 Å². The lowest BCUT2D eigenvalue weighted by molar-refractivity contribution is 0.619. The van der Waals surface area contributed by atoms with Crippen LogP contribution < -0.4 is 15.9 Å². The van der Waals surface area contributed by atoms with E-state index in [-0.39, 0.29) is 0 Å². The van der Waals surface area contributed by atoms with E-state index in [0.717, 1.165) is 34.6 Å². The molecule has 0 radical (unpaired) electrons. The summed E-state index contributed by atoms with van der Waals surface area (Å²) in [6, 6.07) is 25.7. The highest BCUT2D eigenvalue weighted by Gasteiger charge is 2.18. The molecule has 0 heterocycles. The van der Waals surface area contributed by atoms with Crippen molar-refractivity contribution in [2.75, 3.05) is 42.3 Å². The van der Waals surface area contributed by atoms with Crippen LogP contribution in [0.25, 0.3) is 0 Å². The van der Waals surface area contributed by atoms with Gasteiger partial charge in [0.25, 0.3) is 0 Å². The molecule has 194 valence electrons. The Labute approximate surface area is 223 Å². The summed E-state index contributed by atoms with van der Waals surface area (Å²) in [5.41, 5.74) is 2.85. The van der Waals surface area contributed by atoms with Crippen LogP contribution >= 0.6 is 7.92 Å². The lowest BCUT2D eigenvalue weighted by Gasteiger charge is -2.21. The summed E-state index contributed by atoms with van der Waals surface area (Å²) >= 11 is 0. The predicted molar refractivity (Wildman–Crippen MR) is 165 cm³/mol. The van der Waals surface area contributed by atoms with Crippen LogP contribution in [0.4, 0.5) is 17.1 Å². The molecule has 0 N–H and O–H groups in total. The first kappa shape index (κ1) is 28.1. The Kier molecular flexibility index (Phi) is 9.60. The normalized spacial score (nSPS) is 13.4. The number of hydrogen-bond donors (Lipinski definition) is 0. The van der Waals surface area contributed by atoms with Crippen LogP contribution in [0, 0.1) is 0 Å². The molecule has 0 aliphatic carbocycles. The van der Waals surface area contributed by atoms with Crippen LogP contribution in [0.2, 0.25) is 0 Å². The molecular weight excluding hydrogens is 475 g/mol. The van der Waals surface area contributed by atoms with E-state index in [1.54, 1.807) is 0 Å². The van der Waals surface area contributed by atoms with E-state index >= 15 is 0 Å². The number of hydrogen-bond acceptors (Lipinski definition) is 3. The molecule has 0 saturated heterocycles. The summed E-state index contributed by atoms with van der Waals surface area (Å²) in [4.78, 5) is 20.6. The number of benzene rings is 3. The van der Waals surface area contributed by atoms with Crippen molar-refractivity contribution >= 4 is 58.4 Å². The monoisotopic (exact) mass is 514 g/mol. The van der Waals surface area contributed by atoms with Gasteiger partial charge in [0.2, 0.25) is 0 Å². The van der Waals surface area contributed by atoms with Gasteiger partial charge in [0.05, 0.1) is 17.1 Å². The van der Waals surface area contributed by atoms with Crippen LogP contribution in [-0.4, -0.2) is 74.5 Å². The van der Waals surface area contributed by atoms with E-state index in [1.165, 1.54) is 15.9 Å². The zero-order valence-electron chi connectivity index (χ0n) is 23.6. The van der Waals surface area contributed by atoms with Crippen molar-refractivity contribution in [3.63, 3.8) is 0 Å². The van der Waals surface area contributed by atoms with Crippen molar-refractivity contribution in [1.82, 2.24) is 14.7 Å². The average molecular weight is 515 g/mol. The Bertz CT molecular complexity index is 1150. The van der Waals surface area contributed by atoms with Crippen molar-refractivity contribution in [3.05, 3.63) is 72.8 Å². The summed E-state index contributed by atoms with van der Waals surface area (Å²) in [7, 11) is 11.2. The maximum atomic E-state index is 4.84. The smallest absolute Gasteiger partial charge is 0.101 e. The second-order valence-corrected chi connectivity index (χ2v) is 11.8. The van der Waals surface area contributed by atoms with Crippen molar-refractivity contribution in [3.8, 4) is 0 Å². The minimum Gasteiger partial charge on any atom is -0.366 e. The molecule has 7 heteroatoms. The van der Waals surface area contributed by atoms with Gasteiger partial charge in [-0.3, -0.25) is 0 Å². The molecule has 0 aliphatic rings. The predicted octanol–water partition coefficient (Wildman–Crippen LogP) is 5.28. The lowest BCUT2D eigenvalue weighted by atomic mass is 10.3. The van der Waals surface area contributed by atoms with Crippen LogP contribution in [0.3, 0.4) is 0 Å². The topological polar surface area (TPSA) is 46.8 Å². The standard InChI is InChI=1S/C30H39N6P/c1-22(34(4)5)31-25-13-10-16-28(19-25)37(29-17-11-14-26(20-29)32-23(2)35(6)7)30-18-12-15-27(21-30)33-24(3)36(8)9/h10-21H,1-9H3. The molecule has 0 atom stereocenters. The Balaban J connectivity index is 2.19. The van der Waals surface area contributed by atoms with E-state index in [2.05, 4.69) is 72.8 Å². The molecule has 0 fully saturated rings. The summed E-state index contributed by atoms with van der Waals surface area (Å²) in [5, 5.41) is 3.70. The van der Waals surface area contributed by atoms with Crippen LogP contribution in [-0.2, 0) is 0 Å². The first-order valence-corrected chi connectivity index (χ1v) is 13.7.